The molecule has 49 heavy (non-hydrogen) atoms. The van der Waals surface area contributed by atoms with Gasteiger partial charge in [0.15, 0.2) is 11.5 Å². The van der Waals surface area contributed by atoms with Gasteiger partial charge in [0.25, 0.3) is 0 Å². The van der Waals surface area contributed by atoms with Crippen molar-refractivity contribution in [3.8, 4) is 11.5 Å². The van der Waals surface area contributed by atoms with E-state index in [2.05, 4.69) is 5.32 Å². The molecular weight excluding hydrogens is 679 g/mol. The average Bonchev–Trinajstić information content (AvgIpc) is 3.74. The van der Waals surface area contributed by atoms with E-state index in [0.717, 1.165) is 0 Å². The number of rotatable bonds is 14. The third kappa shape index (κ3) is 11.7. The summed E-state index contributed by atoms with van der Waals surface area (Å²) in [4.78, 5) is 76.5. The van der Waals surface area contributed by atoms with Gasteiger partial charge in [-0.25, -0.2) is 19.2 Å². The summed E-state index contributed by atoms with van der Waals surface area (Å²) in [7, 11) is 0. The Bertz CT molecular complexity index is 1650. The first-order chi connectivity index (χ1) is 22.8. The molecule has 0 aliphatic carbocycles. The molecular formula is C34H39NO12S2. The summed E-state index contributed by atoms with van der Waals surface area (Å²) in [6, 6.07) is 9.14. The van der Waals surface area contributed by atoms with Gasteiger partial charge in [-0.15, -0.1) is 22.7 Å². The van der Waals surface area contributed by atoms with Crippen molar-refractivity contribution < 1.29 is 57.6 Å². The van der Waals surface area contributed by atoms with Crippen molar-refractivity contribution in [1.82, 2.24) is 5.32 Å². The Balaban J connectivity index is 1.84. The molecule has 1 atom stereocenters. The van der Waals surface area contributed by atoms with E-state index >= 15 is 0 Å². The van der Waals surface area contributed by atoms with Crippen LogP contribution in [0.3, 0.4) is 0 Å². The SMILES string of the molecule is CC(C)(C)OC(=O)N[C@@H](Cc1ccc(OC(=O)C(C)(C)COC(=O)c2cccs2)c(OC(=O)C(C)(C)COC(=O)c2cccs2)c1)C(=O)O. The molecule has 2 heterocycles. The Morgan fingerprint density at radius 2 is 1.22 bits per heavy atom. The number of esters is 4. The Morgan fingerprint density at radius 1 is 0.735 bits per heavy atom. The van der Waals surface area contributed by atoms with Gasteiger partial charge in [0, 0.05) is 6.42 Å². The number of benzene rings is 1. The van der Waals surface area contributed by atoms with Gasteiger partial charge in [0.1, 0.15) is 34.6 Å². The summed E-state index contributed by atoms with van der Waals surface area (Å²) in [6.07, 6.45) is -1.21. The molecule has 0 saturated heterocycles. The number of alkyl carbamates (subject to hydrolysis) is 1. The quantitative estimate of drug-likeness (QED) is 0.115. The monoisotopic (exact) mass is 717 g/mol. The number of nitrogens with one attached hydrogen (secondary N) is 1. The van der Waals surface area contributed by atoms with Crippen molar-refractivity contribution in [2.45, 2.75) is 66.5 Å². The Morgan fingerprint density at radius 3 is 1.65 bits per heavy atom. The summed E-state index contributed by atoms with van der Waals surface area (Å²) < 4.78 is 27.1. The topological polar surface area (TPSA) is 181 Å². The number of amides is 1. The molecule has 0 radical (unpaired) electrons. The first-order valence-corrected chi connectivity index (χ1v) is 16.7. The maximum absolute atomic E-state index is 13.4. The second-order valence-corrected chi connectivity index (χ2v) is 15.1. The van der Waals surface area contributed by atoms with Gasteiger partial charge in [-0.1, -0.05) is 18.2 Å². The number of ether oxygens (including phenoxy) is 5. The number of hydrogen-bond acceptors (Lipinski definition) is 13. The van der Waals surface area contributed by atoms with Crippen molar-refractivity contribution in [2.24, 2.45) is 10.8 Å². The van der Waals surface area contributed by atoms with Gasteiger partial charge < -0.3 is 34.1 Å². The first-order valence-electron chi connectivity index (χ1n) is 15.0. The molecule has 0 saturated carbocycles. The maximum atomic E-state index is 13.4. The summed E-state index contributed by atoms with van der Waals surface area (Å²) in [6.45, 7) is 10.2. The van der Waals surface area contributed by atoms with Crippen LogP contribution in [0.15, 0.2) is 53.2 Å². The predicted molar refractivity (Wildman–Crippen MR) is 179 cm³/mol. The molecule has 0 aliphatic heterocycles. The van der Waals surface area contributed by atoms with Crippen molar-refractivity contribution >= 4 is 58.6 Å². The second-order valence-electron chi connectivity index (χ2n) is 13.2. The molecule has 2 N–H and O–H groups in total. The molecule has 0 fully saturated rings. The van der Waals surface area contributed by atoms with Gasteiger partial charge >= 0.3 is 35.9 Å². The van der Waals surface area contributed by atoms with E-state index in [4.69, 9.17) is 23.7 Å². The summed E-state index contributed by atoms with van der Waals surface area (Å²) in [5.74, 6) is -4.70. The van der Waals surface area contributed by atoms with Gasteiger partial charge in [0.2, 0.25) is 0 Å². The molecule has 0 bridgehead atoms. The van der Waals surface area contributed by atoms with E-state index in [0.29, 0.717) is 9.75 Å². The highest BCUT2D eigenvalue weighted by Gasteiger charge is 2.36. The van der Waals surface area contributed by atoms with Crippen LogP contribution in [-0.2, 0) is 35.0 Å². The van der Waals surface area contributed by atoms with Crippen LogP contribution in [0.4, 0.5) is 4.79 Å². The van der Waals surface area contributed by atoms with Crippen LogP contribution >= 0.6 is 22.7 Å². The lowest BCUT2D eigenvalue weighted by atomic mass is 9.95. The minimum absolute atomic E-state index is 0.196. The Kier molecular flexibility index (Phi) is 12.7. The molecule has 0 unspecified atom stereocenters. The molecule has 0 spiro atoms. The van der Waals surface area contributed by atoms with E-state index < -0.39 is 58.4 Å². The third-order valence-corrected chi connectivity index (χ3v) is 8.22. The number of hydrogen-bond donors (Lipinski definition) is 2. The van der Waals surface area contributed by atoms with Gasteiger partial charge in [-0.3, -0.25) is 9.59 Å². The van der Waals surface area contributed by atoms with E-state index in [-0.39, 0.29) is 36.7 Å². The van der Waals surface area contributed by atoms with Crippen LogP contribution in [0, 0.1) is 10.8 Å². The lowest BCUT2D eigenvalue weighted by Crippen LogP contribution is -2.44. The highest BCUT2D eigenvalue weighted by molar-refractivity contribution is 7.12. The molecule has 264 valence electrons. The highest BCUT2D eigenvalue weighted by atomic mass is 32.1. The number of carboxylic acids is 1. The first kappa shape index (κ1) is 38.7. The standard InChI is InChI=1S/C34H39NO12S2/c1-32(2,3)47-31(42)35-21(26(36)37)16-20-12-13-22(45-29(40)33(4,5)18-43-27(38)24-10-8-14-48-24)23(17-20)46-30(41)34(6,7)19-44-28(39)25-11-9-15-49-25/h8-15,17,21H,16,18-19H2,1-7H3,(H,35,42)(H,36,37)/t21-/m0/s1. The number of carbonyl (C=O) groups excluding carboxylic acids is 5. The van der Waals surface area contributed by atoms with Crippen molar-refractivity contribution in [1.29, 1.82) is 0 Å². The van der Waals surface area contributed by atoms with Gasteiger partial charge in [0.05, 0.1) is 10.8 Å². The molecule has 2 aromatic heterocycles. The van der Waals surface area contributed by atoms with Gasteiger partial charge in [-0.05, 0) is 89.1 Å². The fraction of sp³-hybridized carbons (Fsp3) is 0.412. The zero-order chi connectivity index (χ0) is 36.6. The van der Waals surface area contributed by atoms with E-state index in [1.54, 1.807) is 55.8 Å². The van der Waals surface area contributed by atoms with E-state index in [1.165, 1.54) is 68.6 Å². The van der Waals surface area contributed by atoms with Crippen molar-refractivity contribution in [3.63, 3.8) is 0 Å². The lowest BCUT2D eigenvalue weighted by molar-refractivity contribution is -0.149. The highest BCUT2D eigenvalue weighted by Crippen LogP contribution is 2.34. The number of aliphatic carboxylic acids is 1. The molecule has 13 nitrogen and oxygen atoms in total. The Hall–Kier alpha value is -4.76. The van der Waals surface area contributed by atoms with Crippen molar-refractivity contribution in [2.75, 3.05) is 13.2 Å². The normalized spacial score (nSPS) is 12.3. The van der Waals surface area contributed by atoms with Crippen LogP contribution in [-0.4, -0.2) is 65.9 Å². The molecule has 1 aromatic carbocycles. The fourth-order valence-corrected chi connectivity index (χ4v) is 4.98. The lowest BCUT2D eigenvalue weighted by Gasteiger charge is -2.25. The molecule has 15 heteroatoms. The molecule has 0 aliphatic rings. The van der Waals surface area contributed by atoms with Crippen LogP contribution in [0.2, 0.25) is 0 Å². The maximum Gasteiger partial charge on any atom is 0.408 e. The van der Waals surface area contributed by atoms with Crippen LogP contribution in [0.25, 0.3) is 0 Å². The zero-order valence-corrected chi connectivity index (χ0v) is 29.8. The summed E-state index contributed by atoms with van der Waals surface area (Å²) >= 11 is 2.36. The van der Waals surface area contributed by atoms with Crippen LogP contribution in [0.1, 0.15) is 73.4 Å². The van der Waals surface area contributed by atoms with Crippen LogP contribution < -0.4 is 14.8 Å². The largest absolute Gasteiger partial charge is 0.480 e. The minimum atomic E-state index is -1.43. The smallest absolute Gasteiger partial charge is 0.408 e. The third-order valence-electron chi connectivity index (χ3n) is 6.52. The number of carboxylic acid groups (broad SMARTS) is 1. The van der Waals surface area contributed by atoms with E-state index in [9.17, 15) is 33.9 Å². The number of carbonyl (C=O) groups is 6. The summed E-state index contributed by atoms with van der Waals surface area (Å²) in [5.41, 5.74) is -3.30. The fourth-order valence-electron chi connectivity index (χ4n) is 3.75. The molecule has 3 rings (SSSR count). The van der Waals surface area contributed by atoms with Crippen LogP contribution in [0.5, 0.6) is 11.5 Å². The molecule has 1 amide bonds. The predicted octanol–water partition coefficient (Wildman–Crippen LogP) is 5.91. The number of thiophene rings is 2. The van der Waals surface area contributed by atoms with E-state index in [1.807, 2.05) is 0 Å². The second kappa shape index (κ2) is 16.1. The summed E-state index contributed by atoms with van der Waals surface area (Å²) in [5, 5.41) is 15.5. The van der Waals surface area contributed by atoms with Gasteiger partial charge in [-0.2, -0.15) is 0 Å². The zero-order valence-electron chi connectivity index (χ0n) is 28.1. The minimum Gasteiger partial charge on any atom is -0.480 e. The Labute approximate surface area is 291 Å². The average molecular weight is 718 g/mol. The van der Waals surface area contributed by atoms with Crippen molar-refractivity contribution in [3.05, 3.63) is 68.5 Å². The molecule has 3 aromatic rings.